The molecule has 4 aliphatic carbocycles. The number of carbonyl (C=O) groups is 4. The highest BCUT2D eigenvalue weighted by Gasteiger charge is 2.60. The molecule has 2 heterocycles. The Kier molecular flexibility index (Phi) is 5.28. The third-order valence-corrected chi connectivity index (χ3v) is 9.24. The standard InChI is InChI=1S/C31H26O11/c1-12-7-15-22(16(32)8-12)27(37)24-25(35)14-5-6-30(24,28(15)38)10-13-9-18-23(26(36)21(13)14)17(33)11-31(42-18,29(39)40-2)19-3-4-20(34)41-19/h5-9,14,19,28,32,36-38H,3-4,10-11H2,1-2H3/t14-,19-,28-,30-,31-/m0/s1. The second-order valence-corrected chi connectivity index (χ2v) is 11.6. The molecule has 1 spiro atoms. The van der Waals surface area contributed by atoms with Crippen molar-refractivity contribution in [1.29, 1.82) is 0 Å². The Hall–Kier alpha value is -4.64. The van der Waals surface area contributed by atoms with Crippen molar-refractivity contribution < 1.29 is 53.8 Å². The van der Waals surface area contributed by atoms with Gasteiger partial charge < -0.3 is 34.6 Å². The van der Waals surface area contributed by atoms with E-state index < -0.39 is 70.6 Å². The highest BCUT2D eigenvalue weighted by molar-refractivity contribution is 6.13. The average molecular weight is 575 g/mol. The lowest BCUT2D eigenvalue weighted by atomic mass is 9.61. The Labute approximate surface area is 238 Å². The number of esters is 2. The van der Waals surface area contributed by atoms with Crippen LogP contribution in [0.5, 0.6) is 17.2 Å². The van der Waals surface area contributed by atoms with Gasteiger partial charge in [-0.1, -0.05) is 18.2 Å². The molecule has 2 bridgehead atoms. The largest absolute Gasteiger partial charge is 0.507 e. The molecule has 1 fully saturated rings. The van der Waals surface area contributed by atoms with Crippen molar-refractivity contribution >= 4 is 29.3 Å². The lowest BCUT2D eigenvalue weighted by Gasteiger charge is -2.43. The summed E-state index contributed by atoms with van der Waals surface area (Å²) in [5, 5.41) is 45.3. The van der Waals surface area contributed by atoms with Gasteiger partial charge in [-0.25, -0.2) is 4.79 Å². The van der Waals surface area contributed by atoms with Crippen LogP contribution in [0.1, 0.15) is 69.5 Å². The molecule has 216 valence electrons. The van der Waals surface area contributed by atoms with E-state index in [4.69, 9.17) is 14.2 Å². The number of cyclic esters (lactones) is 1. The molecule has 0 saturated carbocycles. The van der Waals surface area contributed by atoms with Gasteiger partial charge in [-0.05, 0) is 48.6 Å². The minimum absolute atomic E-state index is 0.0221. The Balaban J connectivity index is 1.43. The van der Waals surface area contributed by atoms with Crippen LogP contribution in [0.3, 0.4) is 0 Å². The summed E-state index contributed by atoms with van der Waals surface area (Å²) < 4.78 is 16.5. The zero-order valence-corrected chi connectivity index (χ0v) is 22.6. The molecule has 11 heteroatoms. The van der Waals surface area contributed by atoms with Crippen LogP contribution in [0.2, 0.25) is 0 Å². The highest BCUT2D eigenvalue weighted by Crippen LogP contribution is 2.61. The zero-order chi connectivity index (χ0) is 29.9. The summed E-state index contributed by atoms with van der Waals surface area (Å²) >= 11 is 0. The Morgan fingerprint density at radius 2 is 1.83 bits per heavy atom. The van der Waals surface area contributed by atoms with Gasteiger partial charge in [0.2, 0.25) is 5.60 Å². The number of ketones is 2. The number of phenolic OH excluding ortho intramolecular Hbond substituents is 2. The smallest absolute Gasteiger partial charge is 0.354 e. The minimum atomic E-state index is -1.98. The number of methoxy groups -OCH3 is 1. The van der Waals surface area contributed by atoms with Crippen LogP contribution in [0.4, 0.5) is 0 Å². The van der Waals surface area contributed by atoms with E-state index in [1.54, 1.807) is 19.1 Å². The molecule has 2 aromatic rings. The van der Waals surface area contributed by atoms with Gasteiger partial charge in [0.15, 0.2) is 17.7 Å². The number of aliphatic hydroxyl groups excluding tert-OH is 2. The number of aliphatic hydroxyl groups is 2. The molecule has 0 radical (unpaired) electrons. The summed E-state index contributed by atoms with van der Waals surface area (Å²) in [7, 11) is 1.12. The summed E-state index contributed by atoms with van der Waals surface area (Å²) in [5.74, 6) is -5.29. The number of hydrogen-bond donors (Lipinski definition) is 4. The number of carbonyl (C=O) groups excluding carboxylic acids is 4. The van der Waals surface area contributed by atoms with Crippen molar-refractivity contribution in [3.8, 4) is 17.2 Å². The molecular weight excluding hydrogens is 548 g/mol. The van der Waals surface area contributed by atoms with Crippen molar-refractivity contribution in [2.75, 3.05) is 7.11 Å². The third kappa shape index (κ3) is 3.14. The van der Waals surface area contributed by atoms with Crippen molar-refractivity contribution in [2.45, 2.75) is 56.3 Å². The van der Waals surface area contributed by atoms with E-state index in [2.05, 4.69) is 0 Å². The molecule has 2 aromatic carbocycles. The van der Waals surface area contributed by atoms with Crippen LogP contribution in [-0.4, -0.2) is 62.7 Å². The molecule has 42 heavy (non-hydrogen) atoms. The fourth-order valence-electron chi connectivity index (χ4n) is 7.41. The first-order valence-electron chi connectivity index (χ1n) is 13.5. The van der Waals surface area contributed by atoms with Crippen LogP contribution in [0, 0.1) is 12.3 Å². The van der Waals surface area contributed by atoms with Crippen LogP contribution >= 0.6 is 0 Å². The van der Waals surface area contributed by atoms with Gasteiger partial charge in [-0.3, -0.25) is 14.4 Å². The second kappa shape index (κ2) is 8.45. The lowest BCUT2D eigenvalue weighted by molar-refractivity contribution is -0.175. The van der Waals surface area contributed by atoms with Crippen LogP contribution in [-0.2, 0) is 30.3 Å². The third-order valence-electron chi connectivity index (χ3n) is 9.24. The maximum Gasteiger partial charge on any atom is 0.354 e. The Morgan fingerprint density at radius 1 is 1.07 bits per heavy atom. The molecule has 8 rings (SSSR count). The summed E-state index contributed by atoms with van der Waals surface area (Å²) in [6, 6.07) is 4.49. The number of hydrogen-bond acceptors (Lipinski definition) is 11. The van der Waals surface area contributed by atoms with Crippen molar-refractivity contribution in [3.63, 3.8) is 0 Å². The number of aromatic hydroxyl groups is 2. The maximum atomic E-state index is 14.0. The molecular formula is C31H26O11. The fraction of sp³-hybridized carbons (Fsp3) is 0.355. The second-order valence-electron chi connectivity index (χ2n) is 11.6. The van der Waals surface area contributed by atoms with E-state index in [1.807, 2.05) is 0 Å². The summed E-state index contributed by atoms with van der Waals surface area (Å²) in [6.45, 7) is 1.72. The van der Waals surface area contributed by atoms with Crippen molar-refractivity contribution in [3.05, 3.63) is 69.3 Å². The first kappa shape index (κ1) is 26.3. The van der Waals surface area contributed by atoms with E-state index in [9.17, 15) is 39.6 Å². The van der Waals surface area contributed by atoms with Gasteiger partial charge in [0, 0.05) is 12.0 Å². The normalized spacial score (nSPS) is 30.5. The number of benzene rings is 2. The molecule has 1 saturated heterocycles. The Bertz CT molecular complexity index is 1730. The number of rotatable bonds is 2. The van der Waals surface area contributed by atoms with Crippen LogP contribution < -0.4 is 4.74 Å². The summed E-state index contributed by atoms with van der Waals surface area (Å²) in [6.07, 6.45) is 0.139. The summed E-state index contributed by atoms with van der Waals surface area (Å²) in [4.78, 5) is 52.6. The molecule has 0 aromatic heterocycles. The number of aryl methyl sites for hydroxylation is 1. The average Bonchev–Trinajstić information content (AvgIpc) is 3.26. The number of phenols is 2. The predicted molar refractivity (Wildman–Crippen MR) is 142 cm³/mol. The first-order chi connectivity index (χ1) is 19.9. The van der Waals surface area contributed by atoms with E-state index in [-0.39, 0.29) is 58.6 Å². The monoisotopic (exact) mass is 574 g/mol. The van der Waals surface area contributed by atoms with E-state index in [1.165, 1.54) is 18.2 Å². The quantitative estimate of drug-likeness (QED) is 0.306. The lowest BCUT2D eigenvalue weighted by Crippen LogP contribution is -2.58. The fourth-order valence-corrected chi connectivity index (χ4v) is 7.41. The number of ether oxygens (including phenoxy) is 3. The van der Waals surface area contributed by atoms with Gasteiger partial charge in [-0.15, -0.1) is 0 Å². The topological polar surface area (TPSA) is 177 Å². The molecule has 11 nitrogen and oxygen atoms in total. The number of fused-ring (bicyclic) bond motifs is 2. The minimum Gasteiger partial charge on any atom is -0.507 e. The molecule has 0 amide bonds. The van der Waals surface area contributed by atoms with Crippen molar-refractivity contribution in [2.24, 2.45) is 5.41 Å². The van der Waals surface area contributed by atoms with Crippen LogP contribution in [0.15, 0.2) is 35.9 Å². The van der Waals surface area contributed by atoms with E-state index in [0.29, 0.717) is 11.1 Å². The van der Waals surface area contributed by atoms with Gasteiger partial charge in [0.1, 0.15) is 28.6 Å². The highest BCUT2D eigenvalue weighted by atomic mass is 16.6. The van der Waals surface area contributed by atoms with Crippen molar-refractivity contribution in [1.82, 2.24) is 0 Å². The van der Waals surface area contributed by atoms with E-state index >= 15 is 0 Å². The Morgan fingerprint density at radius 3 is 2.52 bits per heavy atom. The molecule has 4 N–H and O–H groups in total. The van der Waals surface area contributed by atoms with Gasteiger partial charge in [0.25, 0.3) is 0 Å². The van der Waals surface area contributed by atoms with Gasteiger partial charge in [0.05, 0.1) is 42.1 Å². The predicted octanol–water partition coefficient (Wildman–Crippen LogP) is 2.77. The number of allylic oxidation sites excluding steroid dienone is 1. The number of Topliss-reactive ketones (excluding diaryl/α,β-unsaturated/α-hetero) is 2. The zero-order valence-electron chi connectivity index (χ0n) is 22.6. The molecule has 5 atom stereocenters. The SMILES string of the molecule is COC(=O)[C@@]1([C@@H]2CCC(=O)O2)CC(=O)c2c(cc3c(c2O)[C@@H]2C=C[C@]4(C3)C(=C(O)c3c(O)cc(C)cc3[C@@H]4O)C2=O)O1. The van der Waals surface area contributed by atoms with Gasteiger partial charge in [-0.2, -0.15) is 0 Å². The molecule has 6 aliphatic rings. The first-order valence-corrected chi connectivity index (χ1v) is 13.5. The van der Waals surface area contributed by atoms with E-state index in [0.717, 1.165) is 7.11 Å². The van der Waals surface area contributed by atoms with Gasteiger partial charge >= 0.3 is 11.9 Å². The molecule has 2 aliphatic heterocycles. The summed E-state index contributed by atoms with van der Waals surface area (Å²) in [5.41, 5.74) is -2.53. The maximum absolute atomic E-state index is 14.0. The molecule has 0 unspecified atom stereocenters. The van der Waals surface area contributed by atoms with Crippen LogP contribution in [0.25, 0.3) is 5.76 Å².